The van der Waals surface area contributed by atoms with Crippen molar-refractivity contribution in [1.82, 2.24) is 10.6 Å². The number of nitrogens with one attached hydrogen (secondary N) is 2. The summed E-state index contributed by atoms with van der Waals surface area (Å²) in [6.07, 6.45) is 0.367. The van der Waals surface area contributed by atoms with Crippen molar-refractivity contribution in [3.8, 4) is 5.75 Å². The minimum absolute atomic E-state index is 0.0472. The highest BCUT2D eigenvalue weighted by molar-refractivity contribution is 7.90. The largest absolute Gasteiger partial charge is 0.489 e. The van der Waals surface area contributed by atoms with Crippen LogP contribution in [0.25, 0.3) is 0 Å². The van der Waals surface area contributed by atoms with Crippen molar-refractivity contribution in [3.05, 3.63) is 131 Å². The molecule has 0 heterocycles. The van der Waals surface area contributed by atoms with E-state index in [1.165, 1.54) is 12.1 Å². The van der Waals surface area contributed by atoms with E-state index >= 15 is 0 Å². The second-order valence-corrected chi connectivity index (χ2v) is 11.1. The number of sulfone groups is 1. The third-order valence-corrected chi connectivity index (χ3v) is 7.10. The number of carbonyl (C=O) groups is 2. The van der Waals surface area contributed by atoms with Crippen LogP contribution in [0.3, 0.4) is 0 Å². The molecule has 0 unspecified atom stereocenters. The van der Waals surface area contributed by atoms with Gasteiger partial charge in [0.15, 0.2) is 9.84 Å². The summed E-state index contributed by atoms with van der Waals surface area (Å²) in [5.41, 5.74) is 2.95. The van der Waals surface area contributed by atoms with Gasteiger partial charge >= 0.3 is 6.09 Å². The van der Waals surface area contributed by atoms with Crippen molar-refractivity contribution in [1.29, 1.82) is 0 Å². The van der Waals surface area contributed by atoms with Crippen molar-refractivity contribution in [3.63, 3.8) is 0 Å². The Morgan fingerprint density at radius 1 is 0.750 bits per heavy atom. The van der Waals surface area contributed by atoms with Crippen molar-refractivity contribution in [2.24, 2.45) is 0 Å². The van der Waals surface area contributed by atoms with Gasteiger partial charge in [-0.25, -0.2) is 13.2 Å². The van der Waals surface area contributed by atoms with E-state index in [1.54, 1.807) is 36.4 Å². The van der Waals surface area contributed by atoms with E-state index in [0.29, 0.717) is 23.5 Å². The molecule has 0 aliphatic carbocycles. The summed E-state index contributed by atoms with van der Waals surface area (Å²) in [4.78, 5) is 26.1. The van der Waals surface area contributed by atoms with E-state index < -0.39 is 27.9 Å². The summed E-state index contributed by atoms with van der Waals surface area (Å²) in [7, 11) is -3.39. The first kappa shape index (κ1) is 28.4. The molecule has 0 spiro atoms. The quantitative estimate of drug-likeness (QED) is 0.269. The zero-order valence-electron chi connectivity index (χ0n) is 21.9. The van der Waals surface area contributed by atoms with Gasteiger partial charge in [-0.05, 0) is 46.5 Å². The third kappa shape index (κ3) is 8.44. The molecule has 0 bridgehead atoms. The van der Waals surface area contributed by atoms with Crippen LogP contribution in [-0.4, -0.2) is 26.7 Å². The molecule has 0 radical (unpaired) electrons. The van der Waals surface area contributed by atoms with Gasteiger partial charge in [0.05, 0.1) is 4.90 Å². The van der Waals surface area contributed by atoms with Crippen molar-refractivity contribution in [2.45, 2.75) is 30.7 Å². The Balaban J connectivity index is 1.45. The third-order valence-electron chi connectivity index (χ3n) is 5.99. The second kappa shape index (κ2) is 13.4. The van der Waals surface area contributed by atoms with Gasteiger partial charge in [-0.2, -0.15) is 0 Å². The van der Waals surface area contributed by atoms with Crippen LogP contribution >= 0.6 is 0 Å². The Hall–Kier alpha value is -4.63. The van der Waals surface area contributed by atoms with E-state index in [1.807, 2.05) is 60.7 Å². The number of hydrogen-bond acceptors (Lipinski definition) is 6. The molecule has 40 heavy (non-hydrogen) atoms. The Bertz CT molecular complexity index is 1530. The summed E-state index contributed by atoms with van der Waals surface area (Å²) in [6.45, 7) is 0.504. The van der Waals surface area contributed by atoms with E-state index in [9.17, 15) is 18.0 Å². The smallest absolute Gasteiger partial charge is 0.408 e. The highest BCUT2D eigenvalue weighted by Gasteiger charge is 2.24. The van der Waals surface area contributed by atoms with Gasteiger partial charge in [-0.15, -0.1) is 0 Å². The fraction of sp³-hybridized carbons (Fsp3) is 0.161. The molecule has 8 nitrogen and oxygen atoms in total. The molecule has 0 aliphatic heterocycles. The van der Waals surface area contributed by atoms with E-state index in [4.69, 9.17) is 9.47 Å². The molecule has 2 N–H and O–H groups in total. The van der Waals surface area contributed by atoms with Crippen LogP contribution in [-0.2, 0) is 39.1 Å². The van der Waals surface area contributed by atoms with Gasteiger partial charge < -0.3 is 20.1 Å². The number of carbonyl (C=O) groups excluding carboxylic acids is 2. The summed E-state index contributed by atoms with van der Waals surface area (Å²) in [5.74, 6) is 0.121. The number of alkyl carbamates (subject to hydrolysis) is 1. The minimum atomic E-state index is -3.39. The molecule has 0 saturated carbocycles. The zero-order chi connectivity index (χ0) is 28.4. The standard InChI is InChI=1S/C31H30N2O6S/c1-40(36,37)28-14-8-13-25(19-28)20-32-30(34)29(33-31(35)39-22-24-11-6-3-7-12-24)26-15-17-27(18-16-26)38-21-23-9-4-2-5-10-23/h2-19,29H,20-22H2,1H3,(H,32,34)(H,33,35)/t29-/m0/s1. The average Bonchev–Trinajstić information content (AvgIpc) is 2.97. The van der Waals surface area contributed by atoms with Crippen molar-refractivity contribution < 1.29 is 27.5 Å². The zero-order valence-corrected chi connectivity index (χ0v) is 22.8. The molecule has 2 amide bonds. The Morgan fingerprint density at radius 2 is 1.35 bits per heavy atom. The molecule has 0 fully saturated rings. The predicted molar refractivity (Wildman–Crippen MR) is 151 cm³/mol. The fourth-order valence-electron chi connectivity index (χ4n) is 3.86. The molecule has 0 saturated heterocycles. The summed E-state index contributed by atoms with van der Waals surface area (Å²) in [6, 6.07) is 31.1. The highest BCUT2D eigenvalue weighted by Crippen LogP contribution is 2.20. The minimum Gasteiger partial charge on any atom is -0.489 e. The van der Waals surface area contributed by atoms with Gasteiger partial charge in [0.2, 0.25) is 5.91 Å². The molecule has 0 aliphatic rings. The van der Waals surface area contributed by atoms with Crippen molar-refractivity contribution in [2.75, 3.05) is 6.26 Å². The first-order chi connectivity index (χ1) is 19.3. The lowest BCUT2D eigenvalue weighted by Crippen LogP contribution is -2.40. The molecule has 9 heteroatoms. The first-order valence-corrected chi connectivity index (χ1v) is 14.5. The van der Waals surface area contributed by atoms with Crippen LogP contribution in [0.2, 0.25) is 0 Å². The number of benzene rings is 4. The predicted octanol–water partition coefficient (Wildman–Crippen LogP) is 4.95. The maximum Gasteiger partial charge on any atom is 0.408 e. The van der Waals surface area contributed by atoms with Gasteiger partial charge in [-0.1, -0.05) is 84.9 Å². The van der Waals surface area contributed by atoms with Gasteiger partial charge in [-0.3, -0.25) is 4.79 Å². The number of ether oxygens (including phenoxy) is 2. The van der Waals surface area contributed by atoms with Crippen LogP contribution < -0.4 is 15.4 Å². The molecule has 206 valence electrons. The maximum absolute atomic E-state index is 13.3. The van der Waals surface area contributed by atoms with Gasteiger partial charge in [0.25, 0.3) is 0 Å². The maximum atomic E-state index is 13.3. The molecule has 4 aromatic carbocycles. The van der Waals surface area contributed by atoms with Crippen LogP contribution in [0.4, 0.5) is 4.79 Å². The fourth-order valence-corrected chi connectivity index (χ4v) is 4.55. The topological polar surface area (TPSA) is 111 Å². The number of rotatable bonds is 11. The van der Waals surface area contributed by atoms with Crippen LogP contribution in [0.15, 0.2) is 114 Å². The monoisotopic (exact) mass is 558 g/mol. The Morgan fingerprint density at radius 3 is 1.98 bits per heavy atom. The molecule has 4 aromatic rings. The highest BCUT2D eigenvalue weighted by atomic mass is 32.2. The van der Waals surface area contributed by atoms with Crippen molar-refractivity contribution >= 4 is 21.8 Å². The Kier molecular flexibility index (Phi) is 9.53. The van der Waals surface area contributed by atoms with Gasteiger partial charge in [0, 0.05) is 12.8 Å². The average molecular weight is 559 g/mol. The summed E-state index contributed by atoms with van der Waals surface area (Å²) < 4.78 is 35.0. The van der Waals surface area contributed by atoms with Crippen LogP contribution in [0, 0.1) is 0 Å². The molecular weight excluding hydrogens is 528 g/mol. The Labute approximate surface area is 233 Å². The first-order valence-electron chi connectivity index (χ1n) is 12.6. The normalized spacial score (nSPS) is 11.7. The number of hydrogen-bond donors (Lipinski definition) is 2. The molecule has 1 atom stereocenters. The van der Waals surface area contributed by atoms with E-state index in [2.05, 4.69) is 10.6 Å². The molecular formula is C31H30N2O6S. The lowest BCUT2D eigenvalue weighted by Gasteiger charge is -2.19. The van der Waals surface area contributed by atoms with E-state index in [0.717, 1.165) is 17.4 Å². The molecule has 4 rings (SSSR count). The lowest BCUT2D eigenvalue weighted by molar-refractivity contribution is -0.123. The summed E-state index contributed by atoms with van der Waals surface area (Å²) >= 11 is 0. The lowest BCUT2D eigenvalue weighted by atomic mass is 10.1. The van der Waals surface area contributed by atoms with E-state index in [-0.39, 0.29) is 18.0 Å². The van der Waals surface area contributed by atoms with Crippen LogP contribution in [0.1, 0.15) is 28.3 Å². The molecule has 0 aromatic heterocycles. The van der Waals surface area contributed by atoms with Gasteiger partial charge in [0.1, 0.15) is 25.0 Å². The van der Waals surface area contributed by atoms with Crippen LogP contribution in [0.5, 0.6) is 5.75 Å². The number of amides is 2. The summed E-state index contributed by atoms with van der Waals surface area (Å²) in [5, 5.41) is 5.42. The second-order valence-electron chi connectivity index (χ2n) is 9.12. The SMILES string of the molecule is CS(=O)(=O)c1cccc(CNC(=O)[C@@H](NC(=O)OCc2ccccc2)c2ccc(OCc3ccccc3)cc2)c1.